The van der Waals surface area contributed by atoms with Crippen molar-refractivity contribution >= 4 is 21.6 Å². The first-order valence-electron chi connectivity index (χ1n) is 8.45. The van der Waals surface area contributed by atoms with Gasteiger partial charge < -0.3 is 4.90 Å². The van der Waals surface area contributed by atoms with E-state index in [-0.39, 0.29) is 5.92 Å². The summed E-state index contributed by atoms with van der Waals surface area (Å²) >= 11 is 0. The first-order chi connectivity index (χ1) is 12.9. The van der Waals surface area contributed by atoms with Crippen molar-refractivity contribution in [3.8, 4) is 0 Å². The maximum absolute atomic E-state index is 12.8. The molecular formula is C19H21F3N2O3S. The van der Waals surface area contributed by atoms with Crippen LogP contribution >= 0.6 is 0 Å². The summed E-state index contributed by atoms with van der Waals surface area (Å²) in [5.41, 5.74) is 0.528. The SMILES string of the molecule is CC(C)c1cccc(N(C)C(=O)CNS(=O)(=O)c2cccc(C(F)(F)F)c2)c1. The number of halogens is 3. The Balaban J connectivity index is 2.12. The second-order valence-corrected chi connectivity index (χ2v) is 8.32. The summed E-state index contributed by atoms with van der Waals surface area (Å²) in [5.74, 6) is -0.292. The molecule has 0 bridgehead atoms. The Hall–Kier alpha value is -2.39. The van der Waals surface area contributed by atoms with Crippen LogP contribution in [0.2, 0.25) is 0 Å². The van der Waals surface area contributed by atoms with Gasteiger partial charge in [-0.15, -0.1) is 0 Å². The number of amides is 1. The van der Waals surface area contributed by atoms with Crippen molar-refractivity contribution in [3.63, 3.8) is 0 Å². The van der Waals surface area contributed by atoms with Gasteiger partial charge in [-0.2, -0.15) is 13.2 Å². The summed E-state index contributed by atoms with van der Waals surface area (Å²) < 4.78 is 64.9. The molecule has 28 heavy (non-hydrogen) atoms. The summed E-state index contributed by atoms with van der Waals surface area (Å²) in [6.07, 6.45) is -4.66. The molecule has 0 aliphatic carbocycles. The van der Waals surface area contributed by atoms with E-state index in [4.69, 9.17) is 0 Å². The second-order valence-electron chi connectivity index (χ2n) is 6.55. The number of nitrogens with zero attached hydrogens (tertiary/aromatic N) is 1. The van der Waals surface area contributed by atoms with Crippen molar-refractivity contribution in [2.45, 2.75) is 30.8 Å². The van der Waals surface area contributed by atoms with E-state index in [1.54, 1.807) is 12.1 Å². The molecule has 0 unspecified atom stereocenters. The lowest BCUT2D eigenvalue weighted by molar-refractivity contribution is -0.137. The normalized spacial score (nSPS) is 12.2. The van der Waals surface area contributed by atoms with Gasteiger partial charge in [-0.25, -0.2) is 13.1 Å². The number of hydrogen-bond donors (Lipinski definition) is 1. The fourth-order valence-corrected chi connectivity index (χ4v) is 3.45. The number of nitrogens with one attached hydrogen (secondary N) is 1. The molecule has 5 nitrogen and oxygen atoms in total. The van der Waals surface area contributed by atoms with Crippen LogP contribution in [-0.4, -0.2) is 27.9 Å². The Morgan fingerprint density at radius 1 is 1.11 bits per heavy atom. The van der Waals surface area contributed by atoms with E-state index < -0.39 is 39.1 Å². The van der Waals surface area contributed by atoms with Crippen LogP contribution in [0.4, 0.5) is 18.9 Å². The standard InChI is InChI=1S/C19H21F3N2O3S/c1-13(2)14-6-4-8-16(10-14)24(3)18(25)12-23-28(26,27)17-9-5-7-15(11-17)19(20,21)22/h4-11,13,23H,12H2,1-3H3. The average Bonchev–Trinajstić information content (AvgIpc) is 2.65. The van der Waals surface area contributed by atoms with Crippen molar-refractivity contribution in [2.24, 2.45) is 0 Å². The molecular weight excluding hydrogens is 393 g/mol. The lowest BCUT2D eigenvalue weighted by Crippen LogP contribution is -2.38. The molecule has 2 aromatic carbocycles. The Kier molecular flexibility index (Phi) is 6.51. The molecule has 0 saturated carbocycles. The Labute approximate surface area is 162 Å². The molecule has 1 N–H and O–H groups in total. The van der Waals surface area contributed by atoms with Gasteiger partial charge in [0.1, 0.15) is 0 Å². The van der Waals surface area contributed by atoms with Gasteiger partial charge in [0.05, 0.1) is 17.0 Å². The van der Waals surface area contributed by atoms with E-state index in [9.17, 15) is 26.4 Å². The third-order valence-corrected chi connectivity index (χ3v) is 5.58. The topological polar surface area (TPSA) is 66.5 Å². The van der Waals surface area contributed by atoms with Crippen LogP contribution < -0.4 is 9.62 Å². The number of sulfonamides is 1. The summed E-state index contributed by atoms with van der Waals surface area (Å²) in [7, 11) is -2.77. The van der Waals surface area contributed by atoms with Gasteiger partial charge in [-0.3, -0.25) is 4.79 Å². The summed E-state index contributed by atoms with van der Waals surface area (Å²) in [6, 6.07) is 10.6. The molecule has 0 fully saturated rings. The Morgan fingerprint density at radius 3 is 2.36 bits per heavy atom. The number of carbonyl (C=O) groups is 1. The third-order valence-electron chi connectivity index (χ3n) is 4.18. The number of benzene rings is 2. The Morgan fingerprint density at radius 2 is 1.75 bits per heavy atom. The van der Waals surface area contributed by atoms with Gasteiger partial charge in [-0.05, 0) is 41.8 Å². The van der Waals surface area contributed by atoms with E-state index in [2.05, 4.69) is 4.72 Å². The molecule has 0 spiro atoms. The monoisotopic (exact) mass is 414 g/mol. The third kappa shape index (κ3) is 5.32. The van der Waals surface area contributed by atoms with Crippen LogP contribution in [0.15, 0.2) is 53.4 Å². The first kappa shape index (κ1) is 21.9. The molecule has 9 heteroatoms. The highest BCUT2D eigenvalue weighted by Gasteiger charge is 2.31. The van der Waals surface area contributed by atoms with Gasteiger partial charge in [0, 0.05) is 12.7 Å². The van der Waals surface area contributed by atoms with Gasteiger partial charge >= 0.3 is 6.18 Å². The minimum absolute atomic E-state index is 0.253. The zero-order chi connectivity index (χ0) is 21.1. The fraction of sp³-hybridized carbons (Fsp3) is 0.316. The number of alkyl halides is 3. The van der Waals surface area contributed by atoms with E-state index in [0.717, 1.165) is 23.8 Å². The summed E-state index contributed by atoms with van der Waals surface area (Å²) in [4.78, 5) is 13.1. The largest absolute Gasteiger partial charge is 0.416 e. The first-order valence-corrected chi connectivity index (χ1v) is 9.93. The second kappa shape index (κ2) is 8.32. The molecule has 2 aromatic rings. The highest BCUT2D eigenvalue weighted by molar-refractivity contribution is 7.89. The zero-order valence-corrected chi connectivity index (χ0v) is 16.4. The molecule has 152 valence electrons. The average molecular weight is 414 g/mol. The summed E-state index contributed by atoms with van der Waals surface area (Å²) in [5, 5.41) is 0. The molecule has 1 amide bonds. The van der Waals surface area contributed by atoms with Crippen molar-refractivity contribution in [2.75, 3.05) is 18.5 Å². The number of anilines is 1. The van der Waals surface area contributed by atoms with Crippen LogP contribution in [0.5, 0.6) is 0 Å². The maximum Gasteiger partial charge on any atom is 0.416 e. The Bertz CT molecular complexity index is 957. The molecule has 0 aromatic heterocycles. The molecule has 0 saturated heterocycles. The van der Waals surface area contributed by atoms with Crippen LogP contribution in [0.25, 0.3) is 0 Å². The smallest absolute Gasteiger partial charge is 0.314 e. The number of rotatable bonds is 6. The minimum atomic E-state index is -4.66. The summed E-state index contributed by atoms with van der Waals surface area (Å²) in [6.45, 7) is 3.43. The molecule has 0 heterocycles. The van der Waals surface area contributed by atoms with E-state index >= 15 is 0 Å². The van der Waals surface area contributed by atoms with Crippen molar-refractivity contribution in [1.82, 2.24) is 4.72 Å². The zero-order valence-electron chi connectivity index (χ0n) is 15.6. The van der Waals surface area contributed by atoms with Crippen molar-refractivity contribution in [3.05, 3.63) is 59.7 Å². The van der Waals surface area contributed by atoms with Crippen molar-refractivity contribution in [1.29, 1.82) is 0 Å². The molecule has 0 atom stereocenters. The number of likely N-dealkylation sites (N-methyl/N-ethyl adjacent to an activating group) is 1. The molecule has 0 aliphatic rings. The van der Waals surface area contributed by atoms with E-state index in [1.807, 2.05) is 26.0 Å². The lowest BCUT2D eigenvalue weighted by Gasteiger charge is -2.19. The maximum atomic E-state index is 12.8. The van der Waals surface area contributed by atoms with Crippen LogP contribution in [-0.2, 0) is 21.0 Å². The van der Waals surface area contributed by atoms with Crippen LogP contribution in [0.3, 0.4) is 0 Å². The molecule has 0 radical (unpaired) electrons. The predicted molar refractivity (Wildman–Crippen MR) is 101 cm³/mol. The highest BCUT2D eigenvalue weighted by Crippen LogP contribution is 2.30. The van der Waals surface area contributed by atoms with Gasteiger partial charge in [-0.1, -0.05) is 32.0 Å². The molecule has 2 rings (SSSR count). The predicted octanol–water partition coefficient (Wildman–Crippen LogP) is 3.77. The fourth-order valence-electron chi connectivity index (χ4n) is 2.43. The number of carbonyl (C=O) groups excluding carboxylic acids is 1. The van der Waals surface area contributed by atoms with Gasteiger partial charge in [0.15, 0.2) is 0 Å². The van der Waals surface area contributed by atoms with E-state index in [1.165, 1.54) is 11.9 Å². The van der Waals surface area contributed by atoms with Crippen molar-refractivity contribution < 1.29 is 26.4 Å². The van der Waals surface area contributed by atoms with Gasteiger partial charge in [0.25, 0.3) is 0 Å². The quantitative estimate of drug-likeness (QED) is 0.783. The van der Waals surface area contributed by atoms with Crippen LogP contribution in [0, 0.1) is 0 Å². The van der Waals surface area contributed by atoms with Gasteiger partial charge in [0.2, 0.25) is 15.9 Å². The van der Waals surface area contributed by atoms with E-state index in [0.29, 0.717) is 11.8 Å². The van der Waals surface area contributed by atoms with Crippen LogP contribution in [0.1, 0.15) is 30.9 Å². The highest BCUT2D eigenvalue weighted by atomic mass is 32.2. The molecule has 0 aliphatic heterocycles. The lowest BCUT2D eigenvalue weighted by atomic mass is 10.0. The minimum Gasteiger partial charge on any atom is -0.314 e. The number of hydrogen-bond acceptors (Lipinski definition) is 3.